The molecule has 0 saturated carbocycles. The van der Waals surface area contributed by atoms with E-state index in [4.69, 9.17) is 0 Å². The summed E-state index contributed by atoms with van der Waals surface area (Å²) in [5.74, 6) is 1.39. The van der Waals surface area contributed by atoms with Crippen LogP contribution in [-0.2, 0) is 0 Å². The number of rotatable bonds is 1. The largest absolute Gasteiger partial charge is 0.313 e. The Morgan fingerprint density at radius 3 is 2.36 bits per heavy atom. The van der Waals surface area contributed by atoms with E-state index in [-0.39, 0.29) is 11.6 Å². The minimum atomic E-state index is -0.0627. The molecule has 0 bridgehead atoms. The molecule has 0 aromatic carbocycles. The maximum absolute atomic E-state index is 9.63. The van der Waals surface area contributed by atoms with E-state index in [1.165, 1.54) is 5.06 Å². The van der Waals surface area contributed by atoms with Crippen LogP contribution in [0.1, 0.15) is 27.2 Å². The Morgan fingerprint density at radius 2 is 2.18 bits per heavy atom. The summed E-state index contributed by atoms with van der Waals surface area (Å²) in [5, 5.41) is 11.1. The molecule has 1 saturated heterocycles. The highest BCUT2D eigenvalue weighted by Crippen LogP contribution is 2.36. The van der Waals surface area contributed by atoms with E-state index in [1.807, 2.05) is 0 Å². The molecule has 1 aliphatic heterocycles. The average Bonchev–Trinajstić information content (AvgIpc) is 2.13. The van der Waals surface area contributed by atoms with Crippen molar-refractivity contribution in [2.24, 2.45) is 5.92 Å². The van der Waals surface area contributed by atoms with Gasteiger partial charge in [-0.05, 0) is 38.9 Å². The molecule has 11 heavy (non-hydrogen) atoms. The Labute approximate surface area is 74.0 Å². The van der Waals surface area contributed by atoms with Crippen LogP contribution in [0.15, 0.2) is 0 Å². The zero-order chi connectivity index (χ0) is 8.65. The molecule has 66 valence electrons. The Bertz CT molecular complexity index is 149. The van der Waals surface area contributed by atoms with Gasteiger partial charge in [-0.1, -0.05) is 0 Å². The third-order valence-corrected chi connectivity index (χ3v) is 3.15. The van der Waals surface area contributed by atoms with Gasteiger partial charge in [0.25, 0.3) is 0 Å². The summed E-state index contributed by atoms with van der Waals surface area (Å²) in [6.07, 6.45) is 1.04. The van der Waals surface area contributed by atoms with Gasteiger partial charge in [0.15, 0.2) is 0 Å². The Morgan fingerprint density at radius 1 is 1.64 bits per heavy atom. The summed E-state index contributed by atoms with van der Waals surface area (Å²) in [5.41, 5.74) is -0.0627. The van der Waals surface area contributed by atoms with Gasteiger partial charge in [-0.3, -0.25) is 0 Å². The lowest BCUT2D eigenvalue weighted by atomic mass is 9.96. The predicted molar refractivity (Wildman–Crippen MR) is 49.1 cm³/mol. The monoisotopic (exact) mass is 175 g/mol. The SMILES string of the molecule is C[C@@H]1[C@@H](CS)CC(C)(C)N1O. The van der Waals surface area contributed by atoms with E-state index in [0.717, 1.165) is 12.2 Å². The maximum Gasteiger partial charge on any atom is 0.0411 e. The van der Waals surface area contributed by atoms with Gasteiger partial charge in [0.05, 0.1) is 0 Å². The van der Waals surface area contributed by atoms with E-state index >= 15 is 0 Å². The fourth-order valence-electron chi connectivity index (χ4n) is 1.87. The molecule has 0 aliphatic carbocycles. The minimum Gasteiger partial charge on any atom is -0.313 e. The van der Waals surface area contributed by atoms with Crippen molar-refractivity contribution in [3.63, 3.8) is 0 Å². The number of hydroxylamine groups is 2. The van der Waals surface area contributed by atoms with Gasteiger partial charge in [-0.15, -0.1) is 0 Å². The normalized spacial score (nSPS) is 37.9. The molecule has 3 heteroatoms. The van der Waals surface area contributed by atoms with Crippen molar-refractivity contribution in [2.45, 2.75) is 38.8 Å². The quantitative estimate of drug-likeness (QED) is 0.594. The molecule has 1 heterocycles. The molecular formula is C8H17NOS. The molecular weight excluding hydrogens is 158 g/mol. The van der Waals surface area contributed by atoms with Crippen molar-refractivity contribution in [1.29, 1.82) is 0 Å². The van der Waals surface area contributed by atoms with Crippen molar-refractivity contribution in [2.75, 3.05) is 5.75 Å². The standard InChI is InChI=1S/C8H17NOS/c1-6-7(5-11)4-8(2,3)9(6)10/h6-7,10-11H,4-5H2,1-3H3/t6-,7-/m1/s1. The van der Waals surface area contributed by atoms with Gasteiger partial charge >= 0.3 is 0 Å². The number of thiol groups is 1. The molecule has 0 aromatic heterocycles. The van der Waals surface area contributed by atoms with Gasteiger partial charge < -0.3 is 5.21 Å². The number of nitrogens with zero attached hydrogens (tertiary/aromatic N) is 1. The fourth-order valence-corrected chi connectivity index (χ4v) is 2.31. The topological polar surface area (TPSA) is 23.5 Å². The van der Waals surface area contributed by atoms with Crippen LogP contribution in [0.2, 0.25) is 0 Å². The predicted octanol–water partition coefficient (Wildman–Crippen LogP) is 1.79. The summed E-state index contributed by atoms with van der Waals surface area (Å²) in [7, 11) is 0. The molecule has 0 radical (unpaired) electrons. The summed E-state index contributed by atoms with van der Waals surface area (Å²) in [6.45, 7) is 6.18. The highest BCUT2D eigenvalue weighted by molar-refractivity contribution is 7.80. The van der Waals surface area contributed by atoms with E-state index in [1.54, 1.807) is 0 Å². The van der Waals surface area contributed by atoms with Gasteiger partial charge in [0.1, 0.15) is 0 Å². The second-order valence-electron chi connectivity index (χ2n) is 4.04. The number of hydrogen-bond donors (Lipinski definition) is 2. The first kappa shape index (κ1) is 9.36. The van der Waals surface area contributed by atoms with Crippen LogP contribution in [0.3, 0.4) is 0 Å². The molecule has 2 atom stereocenters. The van der Waals surface area contributed by atoms with Crippen molar-refractivity contribution in [3.8, 4) is 0 Å². The zero-order valence-corrected chi connectivity index (χ0v) is 8.30. The highest BCUT2D eigenvalue weighted by atomic mass is 32.1. The van der Waals surface area contributed by atoms with Crippen LogP contribution in [0.25, 0.3) is 0 Å². The fraction of sp³-hybridized carbons (Fsp3) is 1.00. The third kappa shape index (κ3) is 1.55. The van der Waals surface area contributed by atoms with Crippen LogP contribution >= 0.6 is 12.6 Å². The summed E-state index contributed by atoms with van der Waals surface area (Å²) < 4.78 is 0. The zero-order valence-electron chi connectivity index (χ0n) is 7.41. The smallest absolute Gasteiger partial charge is 0.0411 e. The van der Waals surface area contributed by atoms with Crippen LogP contribution < -0.4 is 0 Å². The van der Waals surface area contributed by atoms with E-state index in [9.17, 15) is 5.21 Å². The molecule has 0 unspecified atom stereocenters. The molecule has 1 aliphatic rings. The first-order chi connectivity index (χ1) is 4.99. The van der Waals surface area contributed by atoms with Crippen molar-refractivity contribution >= 4 is 12.6 Å². The second kappa shape index (κ2) is 2.96. The number of hydrogen-bond acceptors (Lipinski definition) is 3. The van der Waals surface area contributed by atoms with Crippen LogP contribution in [-0.4, -0.2) is 27.6 Å². The van der Waals surface area contributed by atoms with Crippen LogP contribution in [0, 0.1) is 5.92 Å². The highest BCUT2D eigenvalue weighted by Gasteiger charge is 2.42. The minimum absolute atomic E-state index is 0.0627. The molecule has 0 aromatic rings. The van der Waals surface area contributed by atoms with Crippen molar-refractivity contribution in [3.05, 3.63) is 0 Å². The first-order valence-electron chi connectivity index (χ1n) is 4.08. The maximum atomic E-state index is 9.63. The molecule has 1 fully saturated rings. The van der Waals surface area contributed by atoms with E-state index in [2.05, 4.69) is 33.4 Å². The Hall–Kier alpha value is 0.270. The molecule has 0 amide bonds. The van der Waals surface area contributed by atoms with Crippen molar-refractivity contribution in [1.82, 2.24) is 5.06 Å². The van der Waals surface area contributed by atoms with Gasteiger partial charge in [0, 0.05) is 11.6 Å². The van der Waals surface area contributed by atoms with Crippen LogP contribution in [0.4, 0.5) is 0 Å². The second-order valence-corrected chi connectivity index (χ2v) is 4.41. The van der Waals surface area contributed by atoms with Crippen molar-refractivity contribution < 1.29 is 5.21 Å². The average molecular weight is 175 g/mol. The molecule has 1 N–H and O–H groups in total. The Kier molecular flexibility index (Phi) is 2.52. The lowest BCUT2D eigenvalue weighted by Gasteiger charge is -2.27. The van der Waals surface area contributed by atoms with E-state index in [0.29, 0.717) is 5.92 Å². The van der Waals surface area contributed by atoms with Gasteiger partial charge in [0.2, 0.25) is 0 Å². The Balaban J connectivity index is 2.69. The third-order valence-electron chi connectivity index (χ3n) is 2.68. The lowest BCUT2D eigenvalue weighted by molar-refractivity contribution is -0.162. The van der Waals surface area contributed by atoms with Crippen LogP contribution in [0.5, 0.6) is 0 Å². The molecule has 1 rings (SSSR count). The molecule has 0 spiro atoms. The summed E-state index contributed by atoms with van der Waals surface area (Å²) in [6, 6.07) is 0.252. The summed E-state index contributed by atoms with van der Waals surface area (Å²) in [4.78, 5) is 0. The first-order valence-corrected chi connectivity index (χ1v) is 4.71. The lowest BCUT2D eigenvalue weighted by Crippen LogP contribution is -2.39. The summed E-state index contributed by atoms with van der Waals surface area (Å²) >= 11 is 4.26. The molecule has 2 nitrogen and oxygen atoms in total. The van der Waals surface area contributed by atoms with Gasteiger partial charge in [-0.2, -0.15) is 17.7 Å². The van der Waals surface area contributed by atoms with E-state index < -0.39 is 0 Å². The van der Waals surface area contributed by atoms with Gasteiger partial charge in [-0.25, -0.2) is 0 Å².